The standard InChI is InChI=1S/C26H19F3N2O4S2/c1-34-21-12-16(13-22-24(33)31(25(36)37-22)19-8-3-2-4-9-19)10-11-20(21)35-15-23(32)30-18-7-5-6-17(14-18)26(27,28)29/h2-14H,15H2,1H3,(H,30,32). The molecule has 0 unspecified atom stereocenters. The summed E-state index contributed by atoms with van der Waals surface area (Å²) in [6.07, 6.45) is -2.84. The normalized spacial score (nSPS) is 14.7. The van der Waals surface area contributed by atoms with Crippen LogP contribution in [0, 0.1) is 0 Å². The van der Waals surface area contributed by atoms with Gasteiger partial charge in [-0.15, -0.1) is 0 Å². The highest BCUT2D eigenvalue weighted by atomic mass is 32.2. The van der Waals surface area contributed by atoms with Crippen LogP contribution >= 0.6 is 24.0 Å². The summed E-state index contributed by atoms with van der Waals surface area (Å²) in [5.41, 5.74) is 0.451. The van der Waals surface area contributed by atoms with Gasteiger partial charge in [-0.25, -0.2) is 0 Å². The van der Waals surface area contributed by atoms with E-state index in [4.69, 9.17) is 21.7 Å². The van der Waals surface area contributed by atoms with Crippen LogP contribution in [0.25, 0.3) is 6.08 Å². The minimum Gasteiger partial charge on any atom is -0.493 e. The number of anilines is 2. The zero-order chi connectivity index (χ0) is 26.6. The summed E-state index contributed by atoms with van der Waals surface area (Å²) in [7, 11) is 1.42. The Morgan fingerprint density at radius 3 is 2.51 bits per heavy atom. The average Bonchev–Trinajstić information content (AvgIpc) is 3.15. The molecular weight excluding hydrogens is 525 g/mol. The van der Waals surface area contributed by atoms with Crippen LogP contribution in [0.2, 0.25) is 0 Å². The van der Waals surface area contributed by atoms with Crippen LogP contribution in [0.1, 0.15) is 11.1 Å². The number of para-hydroxylation sites is 1. The molecule has 2 amide bonds. The van der Waals surface area contributed by atoms with E-state index in [1.807, 2.05) is 18.2 Å². The van der Waals surface area contributed by atoms with Crippen LogP contribution in [0.3, 0.4) is 0 Å². The van der Waals surface area contributed by atoms with E-state index in [1.165, 1.54) is 35.9 Å². The second-order valence-electron chi connectivity index (χ2n) is 7.68. The second-order valence-corrected chi connectivity index (χ2v) is 9.35. The van der Waals surface area contributed by atoms with Crippen molar-refractivity contribution in [3.63, 3.8) is 0 Å². The van der Waals surface area contributed by atoms with E-state index in [0.29, 0.717) is 26.2 Å². The Morgan fingerprint density at radius 1 is 1.05 bits per heavy atom. The van der Waals surface area contributed by atoms with Gasteiger partial charge < -0.3 is 14.8 Å². The van der Waals surface area contributed by atoms with Crippen molar-refractivity contribution in [2.24, 2.45) is 0 Å². The van der Waals surface area contributed by atoms with Gasteiger partial charge in [0.25, 0.3) is 11.8 Å². The molecule has 37 heavy (non-hydrogen) atoms. The molecule has 1 aliphatic heterocycles. The van der Waals surface area contributed by atoms with Gasteiger partial charge in [0.1, 0.15) is 0 Å². The number of thiocarbonyl (C=S) groups is 1. The van der Waals surface area contributed by atoms with Crippen molar-refractivity contribution in [2.45, 2.75) is 6.18 Å². The van der Waals surface area contributed by atoms with E-state index in [-0.39, 0.29) is 17.3 Å². The summed E-state index contributed by atoms with van der Waals surface area (Å²) in [4.78, 5) is 27.1. The highest BCUT2D eigenvalue weighted by Crippen LogP contribution is 2.37. The maximum absolute atomic E-state index is 12.9. The number of alkyl halides is 3. The summed E-state index contributed by atoms with van der Waals surface area (Å²) in [6, 6.07) is 18.3. The average molecular weight is 545 g/mol. The number of rotatable bonds is 7. The van der Waals surface area contributed by atoms with Crippen molar-refractivity contribution in [1.29, 1.82) is 0 Å². The zero-order valence-corrected chi connectivity index (χ0v) is 20.9. The number of ether oxygens (including phenoxy) is 2. The van der Waals surface area contributed by atoms with Crippen LogP contribution in [-0.4, -0.2) is 29.9 Å². The Bertz CT molecular complexity index is 1380. The van der Waals surface area contributed by atoms with Crippen LogP contribution in [0.4, 0.5) is 24.5 Å². The lowest BCUT2D eigenvalue weighted by Gasteiger charge is -2.14. The lowest BCUT2D eigenvalue weighted by molar-refractivity contribution is -0.137. The molecule has 0 spiro atoms. The van der Waals surface area contributed by atoms with Gasteiger partial charge in [-0.3, -0.25) is 14.5 Å². The number of hydrogen-bond acceptors (Lipinski definition) is 6. The number of halogens is 3. The molecule has 1 N–H and O–H groups in total. The number of methoxy groups -OCH3 is 1. The van der Waals surface area contributed by atoms with Gasteiger partial charge >= 0.3 is 6.18 Å². The van der Waals surface area contributed by atoms with Gasteiger partial charge in [0.15, 0.2) is 22.4 Å². The lowest BCUT2D eigenvalue weighted by atomic mass is 10.1. The summed E-state index contributed by atoms with van der Waals surface area (Å²) < 4.78 is 49.9. The molecular formula is C26H19F3N2O4S2. The molecule has 1 heterocycles. The number of carbonyl (C=O) groups is 2. The number of carbonyl (C=O) groups excluding carboxylic acids is 2. The van der Waals surface area contributed by atoms with Crippen molar-refractivity contribution >= 4 is 57.6 Å². The van der Waals surface area contributed by atoms with Gasteiger partial charge in [0.2, 0.25) is 0 Å². The van der Waals surface area contributed by atoms with Crippen molar-refractivity contribution in [2.75, 3.05) is 23.9 Å². The minimum absolute atomic E-state index is 0.00134. The van der Waals surface area contributed by atoms with E-state index < -0.39 is 24.3 Å². The number of benzene rings is 3. The van der Waals surface area contributed by atoms with Gasteiger partial charge in [0.05, 0.1) is 23.3 Å². The summed E-state index contributed by atoms with van der Waals surface area (Å²) in [6.45, 7) is -0.457. The van der Waals surface area contributed by atoms with E-state index in [2.05, 4.69) is 5.32 Å². The third kappa shape index (κ3) is 6.30. The summed E-state index contributed by atoms with van der Waals surface area (Å²) >= 11 is 6.56. The molecule has 4 rings (SSSR count). The molecule has 6 nitrogen and oxygen atoms in total. The van der Waals surface area contributed by atoms with Crippen molar-refractivity contribution in [3.8, 4) is 11.5 Å². The molecule has 0 bridgehead atoms. The highest BCUT2D eigenvalue weighted by Gasteiger charge is 2.33. The zero-order valence-electron chi connectivity index (χ0n) is 19.2. The Morgan fingerprint density at radius 2 is 1.81 bits per heavy atom. The molecule has 0 saturated carbocycles. The molecule has 11 heteroatoms. The molecule has 0 aromatic heterocycles. The van der Waals surface area contributed by atoms with Crippen LogP contribution < -0.4 is 19.7 Å². The topological polar surface area (TPSA) is 67.9 Å². The first-order chi connectivity index (χ1) is 17.7. The first-order valence-electron chi connectivity index (χ1n) is 10.8. The van der Waals surface area contributed by atoms with Crippen molar-refractivity contribution in [3.05, 3.63) is 88.8 Å². The summed E-state index contributed by atoms with van der Waals surface area (Å²) in [5, 5.41) is 2.38. The van der Waals surface area contributed by atoms with Crippen LogP contribution in [0.5, 0.6) is 11.5 Å². The smallest absolute Gasteiger partial charge is 0.416 e. The first-order valence-corrected chi connectivity index (χ1v) is 12.0. The quantitative estimate of drug-likeness (QED) is 0.285. The Balaban J connectivity index is 1.43. The molecule has 0 aliphatic carbocycles. The fourth-order valence-electron chi connectivity index (χ4n) is 3.43. The fraction of sp³-hybridized carbons (Fsp3) is 0.115. The van der Waals surface area contributed by atoms with Crippen LogP contribution in [0.15, 0.2) is 77.7 Å². The first kappa shape index (κ1) is 26.2. The highest BCUT2D eigenvalue weighted by molar-refractivity contribution is 8.27. The minimum atomic E-state index is -4.52. The number of amides is 2. The van der Waals surface area contributed by atoms with E-state index in [9.17, 15) is 22.8 Å². The Kier molecular flexibility index (Phi) is 7.84. The van der Waals surface area contributed by atoms with Gasteiger partial charge in [-0.1, -0.05) is 54.3 Å². The predicted molar refractivity (Wildman–Crippen MR) is 141 cm³/mol. The van der Waals surface area contributed by atoms with Gasteiger partial charge in [-0.05, 0) is 54.1 Å². The third-order valence-electron chi connectivity index (χ3n) is 5.13. The second kappa shape index (κ2) is 11.1. The fourth-order valence-corrected chi connectivity index (χ4v) is 4.72. The van der Waals surface area contributed by atoms with E-state index >= 15 is 0 Å². The number of nitrogens with one attached hydrogen (secondary N) is 1. The molecule has 1 saturated heterocycles. The molecule has 1 fully saturated rings. The maximum Gasteiger partial charge on any atom is 0.416 e. The predicted octanol–water partition coefficient (Wildman–Crippen LogP) is 6.14. The Hall–Kier alpha value is -3.83. The largest absolute Gasteiger partial charge is 0.493 e. The SMILES string of the molecule is COc1cc(C=C2SC(=S)N(c3ccccc3)C2=O)ccc1OCC(=O)Nc1cccc(C(F)(F)F)c1. The van der Waals surface area contributed by atoms with Crippen LogP contribution in [-0.2, 0) is 15.8 Å². The monoisotopic (exact) mass is 544 g/mol. The van der Waals surface area contributed by atoms with E-state index in [0.717, 1.165) is 12.1 Å². The molecule has 3 aromatic carbocycles. The molecule has 3 aromatic rings. The van der Waals surface area contributed by atoms with E-state index in [1.54, 1.807) is 36.4 Å². The number of hydrogen-bond donors (Lipinski definition) is 1. The summed E-state index contributed by atoms with van der Waals surface area (Å²) in [5.74, 6) is -0.336. The molecule has 0 atom stereocenters. The lowest BCUT2D eigenvalue weighted by Crippen LogP contribution is -2.27. The third-order valence-corrected chi connectivity index (χ3v) is 6.43. The Labute approximate surface area is 220 Å². The van der Waals surface area contributed by atoms with Crippen molar-refractivity contribution in [1.82, 2.24) is 0 Å². The molecule has 0 radical (unpaired) electrons. The van der Waals surface area contributed by atoms with Gasteiger partial charge in [-0.2, -0.15) is 13.2 Å². The molecule has 1 aliphatic rings. The maximum atomic E-state index is 12.9. The van der Waals surface area contributed by atoms with Crippen molar-refractivity contribution < 1.29 is 32.2 Å². The number of thioether (sulfide) groups is 1. The van der Waals surface area contributed by atoms with Gasteiger partial charge in [0, 0.05) is 5.69 Å². The number of nitrogens with zero attached hydrogens (tertiary/aromatic N) is 1. The molecule has 190 valence electrons.